The molecular weight excluding hydrogens is 308 g/mol. The number of carbonyl (C=O) groups is 1. The van der Waals surface area contributed by atoms with Crippen LogP contribution in [-0.2, 0) is 16.1 Å². The maximum atomic E-state index is 11.1. The third kappa shape index (κ3) is 3.75. The number of hydrogen-bond donors (Lipinski definition) is 1. The van der Waals surface area contributed by atoms with E-state index >= 15 is 0 Å². The summed E-state index contributed by atoms with van der Waals surface area (Å²) >= 11 is 0. The Morgan fingerprint density at radius 2 is 2.17 bits per heavy atom. The average Bonchev–Trinajstić information content (AvgIpc) is 3.13. The third-order valence-electron chi connectivity index (χ3n) is 4.06. The molecule has 0 bridgehead atoms. The molecule has 0 radical (unpaired) electrons. The fourth-order valence-electron chi connectivity index (χ4n) is 2.75. The van der Waals surface area contributed by atoms with Crippen molar-refractivity contribution in [1.82, 2.24) is 0 Å². The van der Waals surface area contributed by atoms with Crippen molar-refractivity contribution >= 4 is 5.97 Å². The molecule has 1 aliphatic rings. The molecule has 126 valence electrons. The zero-order valence-electron chi connectivity index (χ0n) is 13.5. The van der Waals surface area contributed by atoms with Gasteiger partial charge in [-0.25, -0.2) is 4.79 Å². The van der Waals surface area contributed by atoms with Crippen molar-refractivity contribution in [2.75, 3.05) is 20.3 Å². The normalized spacial score (nSPS) is 17.0. The van der Waals surface area contributed by atoms with E-state index in [1.165, 1.54) is 13.2 Å². The summed E-state index contributed by atoms with van der Waals surface area (Å²) in [4.78, 5) is 11.1. The van der Waals surface area contributed by atoms with Gasteiger partial charge in [-0.05, 0) is 41.8 Å². The molecule has 1 heterocycles. The van der Waals surface area contributed by atoms with E-state index in [1.807, 2.05) is 24.3 Å². The second-order valence-corrected chi connectivity index (χ2v) is 5.72. The Morgan fingerprint density at radius 1 is 1.29 bits per heavy atom. The minimum Gasteiger partial charge on any atom is -0.496 e. The second-order valence-electron chi connectivity index (χ2n) is 5.72. The second kappa shape index (κ2) is 7.47. The van der Waals surface area contributed by atoms with Crippen LogP contribution in [0.4, 0.5) is 0 Å². The maximum Gasteiger partial charge on any atom is 0.335 e. The Hall–Kier alpha value is -2.37. The highest BCUT2D eigenvalue weighted by Gasteiger charge is 2.16. The Bertz CT molecular complexity index is 719. The van der Waals surface area contributed by atoms with E-state index in [2.05, 4.69) is 0 Å². The predicted octanol–water partition coefficient (Wildman–Crippen LogP) is 3.37. The van der Waals surface area contributed by atoms with E-state index in [0.717, 1.165) is 29.7 Å². The fraction of sp³-hybridized carbons (Fsp3) is 0.316. The SMILES string of the molecule is COc1cc(C(=O)O)ccc1-c1cccc(COC2CCOC2)c1. The molecule has 1 saturated heterocycles. The van der Waals surface area contributed by atoms with Gasteiger partial charge in [-0.15, -0.1) is 0 Å². The Balaban J connectivity index is 1.81. The monoisotopic (exact) mass is 328 g/mol. The van der Waals surface area contributed by atoms with Crippen molar-refractivity contribution < 1.29 is 24.1 Å². The van der Waals surface area contributed by atoms with Crippen molar-refractivity contribution in [3.05, 3.63) is 53.6 Å². The van der Waals surface area contributed by atoms with Crippen molar-refractivity contribution in [2.24, 2.45) is 0 Å². The van der Waals surface area contributed by atoms with Gasteiger partial charge in [0.25, 0.3) is 0 Å². The summed E-state index contributed by atoms with van der Waals surface area (Å²) in [6.45, 7) is 1.94. The summed E-state index contributed by atoms with van der Waals surface area (Å²) < 4.78 is 16.5. The van der Waals surface area contributed by atoms with Crippen LogP contribution in [0.2, 0.25) is 0 Å². The number of aromatic carboxylic acids is 1. The lowest BCUT2D eigenvalue weighted by molar-refractivity contribution is 0.0318. The number of carboxylic acids is 1. The zero-order valence-corrected chi connectivity index (χ0v) is 13.5. The fourth-order valence-corrected chi connectivity index (χ4v) is 2.75. The van der Waals surface area contributed by atoms with Crippen LogP contribution in [0.15, 0.2) is 42.5 Å². The number of ether oxygens (including phenoxy) is 3. The van der Waals surface area contributed by atoms with Crippen LogP contribution in [0, 0.1) is 0 Å². The Morgan fingerprint density at radius 3 is 2.88 bits per heavy atom. The van der Waals surface area contributed by atoms with Gasteiger partial charge in [0, 0.05) is 12.2 Å². The number of benzene rings is 2. The molecule has 0 spiro atoms. The molecule has 2 aromatic carbocycles. The van der Waals surface area contributed by atoms with Crippen LogP contribution in [0.1, 0.15) is 22.3 Å². The summed E-state index contributed by atoms with van der Waals surface area (Å²) in [6.07, 6.45) is 1.10. The smallest absolute Gasteiger partial charge is 0.335 e. The molecule has 0 saturated carbocycles. The molecular formula is C19H20O5. The lowest BCUT2D eigenvalue weighted by Crippen LogP contribution is -2.11. The molecule has 5 heteroatoms. The number of rotatable bonds is 6. The van der Waals surface area contributed by atoms with E-state index in [9.17, 15) is 4.79 Å². The number of carboxylic acid groups (broad SMARTS) is 1. The molecule has 24 heavy (non-hydrogen) atoms. The van der Waals surface area contributed by atoms with Crippen molar-refractivity contribution in [2.45, 2.75) is 19.1 Å². The van der Waals surface area contributed by atoms with Gasteiger partial charge in [-0.3, -0.25) is 0 Å². The first-order valence-corrected chi connectivity index (χ1v) is 7.87. The van der Waals surface area contributed by atoms with Crippen LogP contribution in [0.25, 0.3) is 11.1 Å². The average molecular weight is 328 g/mol. The topological polar surface area (TPSA) is 65.0 Å². The first-order valence-electron chi connectivity index (χ1n) is 7.87. The van der Waals surface area contributed by atoms with Crippen molar-refractivity contribution in [3.63, 3.8) is 0 Å². The minimum atomic E-state index is -0.971. The first kappa shape index (κ1) is 16.5. The van der Waals surface area contributed by atoms with Gasteiger partial charge >= 0.3 is 5.97 Å². The zero-order chi connectivity index (χ0) is 16.9. The van der Waals surface area contributed by atoms with Gasteiger partial charge in [0.05, 0.1) is 32.0 Å². The first-order chi connectivity index (χ1) is 11.7. The Kier molecular flexibility index (Phi) is 5.13. The highest BCUT2D eigenvalue weighted by atomic mass is 16.5. The lowest BCUT2D eigenvalue weighted by Gasteiger charge is -2.13. The maximum absolute atomic E-state index is 11.1. The molecule has 1 aliphatic heterocycles. The van der Waals surface area contributed by atoms with E-state index in [-0.39, 0.29) is 11.7 Å². The van der Waals surface area contributed by atoms with Crippen molar-refractivity contribution in [3.8, 4) is 16.9 Å². The molecule has 0 aromatic heterocycles. The highest BCUT2D eigenvalue weighted by molar-refractivity contribution is 5.89. The van der Waals surface area contributed by atoms with E-state index in [1.54, 1.807) is 12.1 Å². The van der Waals surface area contributed by atoms with Gasteiger partial charge in [0.15, 0.2) is 0 Å². The highest BCUT2D eigenvalue weighted by Crippen LogP contribution is 2.31. The summed E-state index contributed by atoms with van der Waals surface area (Å²) in [7, 11) is 1.54. The molecule has 0 aliphatic carbocycles. The molecule has 1 unspecified atom stereocenters. The van der Waals surface area contributed by atoms with Crippen LogP contribution in [0.3, 0.4) is 0 Å². The summed E-state index contributed by atoms with van der Waals surface area (Å²) in [5.41, 5.74) is 3.08. The van der Waals surface area contributed by atoms with Gasteiger partial charge < -0.3 is 19.3 Å². The van der Waals surface area contributed by atoms with E-state index in [4.69, 9.17) is 19.3 Å². The number of hydrogen-bond acceptors (Lipinski definition) is 4. The van der Waals surface area contributed by atoms with Gasteiger partial charge in [0.1, 0.15) is 5.75 Å². The van der Waals surface area contributed by atoms with Gasteiger partial charge in [-0.1, -0.05) is 18.2 Å². The van der Waals surface area contributed by atoms with Crippen molar-refractivity contribution in [1.29, 1.82) is 0 Å². The Labute approximate surface area is 140 Å². The summed E-state index contributed by atoms with van der Waals surface area (Å²) in [6, 6.07) is 12.9. The standard InChI is InChI=1S/C19H20O5/c1-22-18-10-15(19(20)21)5-6-17(18)14-4-2-3-13(9-14)11-24-16-7-8-23-12-16/h2-6,9-10,16H,7-8,11-12H2,1H3,(H,20,21). The largest absolute Gasteiger partial charge is 0.496 e. The van der Waals surface area contributed by atoms with Crippen LogP contribution >= 0.6 is 0 Å². The summed E-state index contributed by atoms with van der Waals surface area (Å²) in [5, 5.41) is 9.10. The minimum absolute atomic E-state index is 0.165. The van der Waals surface area contributed by atoms with Crippen LogP contribution in [-0.4, -0.2) is 37.5 Å². The molecule has 5 nitrogen and oxygen atoms in total. The number of methoxy groups -OCH3 is 1. The quantitative estimate of drug-likeness (QED) is 0.881. The predicted molar refractivity (Wildman–Crippen MR) is 89.4 cm³/mol. The van der Waals surface area contributed by atoms with E-state index in [0.29, 0.717) is 19.0 Å². The molecule has 2 aromatic rings. The van der Waals surface area contributed by atoms with Gasteiger partial charge in [-0.2, -0.15) is 0 Å². The molecule has 3 rings (SSSR count). The third-order valence-corrected chi connectivity index (χ3v) is 4.06. The molecule has 1 N–H and O–H groups in total. The van der Waals surface area contributed by atoms with Crippen LogP contribution in [0.5, 0.6) is 5.75 Å². The van der Waals surface area contributed by atoms with Crippen LogP contribution < -0.4 is 4.74 Å². The molecule has 1 atom stereocenters. The lowest BCUT2D eigenvalue weighted by atomic mass is 10.0. The van der Waals surface area contributed by atoms with Gasteiger partial charge in [0.2, 0.25) is 0 Å². The molecule has 1 fully saturated rings. The summed E-state index contributed by atoms with van der Waals surface area (Å²) in [5.74, 6) is -0.432. The molecule has 0 amide bonds. The van der Waals surface area contributed by atoms with E-state index < -0.39 is 5.97 Å².